The van der Waals surface area contributed by atoms with E-state index in [2.05, 4.69) is 0 Å². The zero-order valence-corrected chi connectivity index (χ0v) is 15.4. The quantitative estimate of drug-likeness (QED) is 0.644. The van der Waals surface area contributed by atoms with Gasteiger partial charge in [-0.25, -0.2) is 0 Å². The molecule has 0 aliphatic carbocycles. The summed E-state index contributed by atoms with van der Waals surface area (Å²) in [4.78, 5) is 26.1. The van der Waals surface area contributed by atoms with Crippen molar-refractivity contribution < 1.29 is 9.59 Å². The van der Waals surface area contributed by atoms with Crippen LogP contribution in [0.15, 0.2) is 42.5 Å². The number of hydrogen-bond donors (Lipinski definition) is 0. The van der Waals surface area contributed by atoms with Crippen LogP contribution in [-0.4, -0.2) is 23.6 Å². The number of hydrogen-bond acceptors (Lipinski definition) is 2. The third kappa shape index (κ3) is 3.31. The van der Waals surface area contributed by atoms with Crippen molar-refractivity contribution in [2.75, 3.05) is 6.54 Å². The van der Waals surface area contributed by atoms with E-state index in [-0.39, 0.29) is 17.9 Å². The number of carbonyl (C=O) groups is 2. The number of nitrogens with zero attached hydrogens (tertiary/aromatic N) is 1. The molecule has 1 amide bonds. The Hall–Kier alpha value is -1.84. The van der Waals surface area contributed by atoms with Gasteiger partial charge in [-0.05, 0) is 35.7 Å². The first-order valence-corrected chi connectivity index (χ1v) is 9.12. The molecule has 0 aromatic heterocycles. The molecular formula is C20H19Cl2NO2. The molecule has 0 bridgehead atoms. The van der Waals surface area contributed by atoms with Gasteiger partial charge in [0.05, 0.1) is 16.1 Å². The van der Waals surface area contributed by atoms with Crippen LogP contribution < -0.4 is 0 Å². The smallest absolute Gasteiger partial charge is 0.254 e. The summed E-state index contributed by atoms with van der Waals surface area (Å²) in [6, 6.07) is 12.9. The van der Waals surface area contributed by atoms with E-state index in [0.717, 1.165) is 29.4 Å². The number of fused-ring (bicyclic) bond motifs is 1. The summed E-state index contributed by atoms with van der Waals surface area (Å²) < 4.78 is 0. The summed E-state index contributed by atoms with van der Waals surface area (Å²) in [5.74, 6) is -0.134. The number of halogens is 2. The van der Waals surface area contributed by atoms with Crippen molar-refractivity contribution in [3.63, 3.8) is 0 Å². The average molecular weight is 376 g/mol. The molecule has 130 valence electrons. The molecular weight excluding hydrogens is 357 g/mol. The second-order valence-electron chi connectivity index (χ2n) is 6.21. The minimum absolute atomic E-state index is 0.0263. The molecule has 5 heteroatoms. The fraction of sp³-hybridized carbons (Fsp3) is 0.300. The van der Waals surface area contributed by atoms with Gasteiger partial charge in [0.2, 0.25) is 0 Å². The lowest BCUT2D eigenvalue weighted by atomic mass is 9.85. The molecule has 3 rings (SSSR count). The second kappa shape index (κ2) is 7.59. The van der Waals surface area contributed by atoms with Gasteiger partial charge in [0.25, 0.3) is 5.91 Å². The van der Waals surface area contributed by atoms with E-state index in [9.17, 15) is 9.59 Å². The van der Waals surface area contributed by atoms with Gasteiger partial charge in [-0.15, -0.1) is 0 Å². The fourth-order valence-corrected chi connectivity index (χ4v) is 3.91. The van der Waals surface area contributed by atoms with E-state index in [4.69, 9.17) is 23.2 Å². The molecule has 0 fully saturated rings. The molecule has 0 N–H and O–H groups in total. The lowest BCUT2D eigenvalue weighted by Gasteiger charge is -2.32. The molecule has 0 saturated carbocycles. The first-order valence-electron chi connectivity index (χ1n) is 8.37. The summed E-state index contributed by atoms with van der Waals surface area (Å²) in [5, 5.41) is 0.929. The predicted molar refractivity (Wildman–Crippen MR) is 100 cm³/mol. The van der Waals surface area contributed by atoms with Crippen LogP contribution in [0.1, 0.15) is 53.2 Å². The maximum absolute atomic E-state index is 12.8. The summed E-state index contributed by atoms with van der Waals surface area (Å²) in [6.45, 7) is 2.69. The molecule has 1 heterocycles. The average Bonchev–Trinajstić information content (AvgIpc) is 2.89. The molecule has 25 heavy (non-hydrogen) atoms. The number of benzene rings is 2. The van der Waals surface area contributed by atoms with Gasteiger partial charge in [0.15, 0.2) is 0 Å². The van der Waals surface area contributed by atoms with Crippen LogP contribution in [0.4, 0.5) is 0 Å². The fourth-order valence-electron chi connectivity index (χ4n) is 3.61. The molecule has 0 saturated heterocycles. The van der Waals surface area contributed by atoms with Crippen molar-refractivity contribution in [1.82, 2.24) is 4.90 Å². The Morgan fingerprint density at radius 1 is 1.16 bits per heavy atom. The summed E-state index contributed by atoms with van der Waals surface area (Å²) in [6.07, 6.45) is 2.07. The zero-order valence-electron chi connectivity index (χ0n) is 13.9. The van der Waals surface area contributed by atoms with E-state index in [1.165, 1.54) is 0 Å². The normalized spacial score (nSPS) is 17.5. The molecule has 2 aromatic rings. The van der Waals surface area contributed by atoms with Crippen molar-refractivity contribution >= 4 is 35.4 Å². The Kier molecular flexibility index (Phi) is 5.45. The lowest BCUT2D eigenvalue weighted by molar-refractivity contribution is -0.108. The van der Waals surface area contributed by atoms with E-state index >= 15 is 0 Å². The van der Waals surface area contributed by atoms with Gasteiger partial charge >= 0.3 is 0 Å². The molecule has 2 unspecified atom stereocenters. The Morgan fingerprint density at radius 2 is 1.92 bits per heavy atom. The summed E-state index contributed by atoms with van der Waals surface area (Å²) in [7, 11) is 0. The van der Waals surface area contributed by atoms with Crippen molar-refractivity contribution in [3.05, 3.63) is 69.2 Å². The minimum atomic E-state index is -0.175. The highest BCUT2D eigenvalue weighted by molar-refractivity contribution is 6.42. The highest BCUT2D eigenvalue weighted by Crippen LogP contribution is 2.45. The predicted octanol–water partition coefficient (Wildman–Crippen LogP) is 5.27. The molecule has 0 radical (unpaired) electrons. The van der Waals surface area contributed by atoms with Crippen molar-refractivity contribution in [2.24, 2.45) is 0 Å². The molecule has 3 nitrogen and oxygen atoms in total. The molecule has 2 aromatic carbocycles. The Bertz CT molecular complexity index is 806. The largest absolute Gasteiger partial charge is 0.331 e. The zero-order chi connectivity index (χ0) is 18.0. The second-order valence-corrected chi connectivity index (χ2v) is 7.03. The van der Waals surface area contributed by atoms with Crippen molar-refractivity contribution in [3.8, 4) is 0 Å². The van der Waals surface area contributed by atoms with Gasteiger partial charge in [-0.2, -0.15) is 0 Å². The van der Waals surface area contributed by atoms with E-state index in [1.54, 1.807) is 12.1 Å². The van der Waals surface area contributed by atoms with E-state index in [1.807, 2.05) is 42.2 Å². The maximum Gasteiger partial charge on any atom is 0.254 e. The SMILES string of the molecule is CCCN1C(=O)c2ccccc2C1C(CC=O)c1ccc(Cl)c(Cl)c1. The van der Waals surface area contributed by atoms with E-state index < -0.39 is 0 Å². The van der Waals surface area contributed by atoms with E-state index in [0.29, 0.717) is 23.0 Å². The highest BCUT2D eigenvalue weighted by Gasteiger charge is 2.40. The van der Waals surface area contributed by atoms with Crippen LogP contribution in [0, 0.1) is 0 Å². The lowest BCUT2D eigenvalue weighted by Crippen LogP contribution is -2.32. The molecule has 2 atom stereocenters. The highest BCUT2D eigenvalue weighted by atomic mass is 35.5. The molecule has 1 aliphatic heterocycles. The minimum Gasteiger partial charge on any atom is -0.331 e. The Labute approximate surface area is 157 Å². The maximum atomic E-state index is 12.8. The van der Waals surface area contributed by atoms with Gasteiger partial charge in [0.1, 0.15) is 6.29 Å². The van der Waals surface area contributed by atoms with Gasteiger partial charge < -0.3 is 9.69 Å². The standard InChI is InChI=1S/C20H19Cl2NO2/c1-2-10-23-19(15-5-3-4-6-16(15)20(23)25)14(9-11-24)13-7-8-17(21)18(22)12-13/h3-8,11-12,14,19H,2,9-10H2,1H3. The van der Waals surface area contributed by atoms with Crippen molar-refractivity contribution in [2.45, 2.75) is 31.7 Å². The van der Waals surface area contributed by atoms with Gasteiger partial charge in [0, 0.05) is 24.4 Å². The number of carbonyl (C=O) groups excluding carboxylic acids is 2. The Balaban J connectivity index is 2.11. The Morgan fingerprint density at radius 3 is 2.60 bits per heavy atom. The molecule has 0 spiro atoms. The van der Waals surface area contributed by atoms with Crippen LogP contribution in [0.5, 0.6) is 0 Å². The number of aldehydes is 1. The van der Waals surface area contributed by atoms with Crippen LogP contribution in [0.25, 0.3) is 0 Å². The topological polar surface area (TPSA) is 37.4 Å². The van der Waals surface area contributed by atoms with Gasteiger partial charge in [-0.3, -0.25) is 4.79 Å². The summed E-state index contributed by atoms with van der Waals surface area (Å²) >= 11 is 12.2. The van der Waals surface area contributed by atoms with Crippen molar-refractivity contribution in [1.29, 1.82) is 0 Å². The first kappa shape index (κ1) is 18.0. The number of amides is 1. The van der Waals surface area contributed by atoms with Crippen LogP contribution in [-0.2, 0) is 4.79 Å². The molecule has 1 aliphatic rings. The van der Waals surface area contributed by atoms with Crippen LogP contribution in [0.2, 0.25) is 10.0 Å². The summed E-state index contributed by atoms with van der Waals surface area (Å²) in [5.41, 5.74) is 2.60. The monoisotopic (exact) mass is 375 g/mol. The number of rotatable bonds is 6. The van der Waals surface area contributed by atoms with Crippen LogP contribution >= 0.6 is 23.2 Å². The van der Waals surface area contributed by atoms with Gasteiger partial charge in [-0.1, -0.05) is 54.4 Å². The van der Waals surface area contributed by atoms with Crippen LogP contribution in [0.3, 0.4) is 0 Å². The third-order valence-corrected chi connectivity index (χ3v) is 5.41. The third-order valence-electron chi connectivity index (χ3n) is 4.67. The first-order chi connectivity index (χ1) is 12.1.